The number of sulfonamides is 1. The van der Waals surface area contributed by atoms with Crippen molar-refractivity contribution in [1.82, 2.24) is 19.5 Å². The van der Waals surface area contributed by atoms with Crippen LogP contribution in [0.25, 0.3) is 0 Å². The van der Waals surface area contributed by atoms with E-state index < -0.39 is 10.0 Å². The normalized spacial score (nSPS) is 12.2. The maximum atomic E-state index is 12.1. The molecule has 2 aromatic heterocycles. The minimum Gasteiger partial charge on any atom is -0.262 e. The fraction of sp³-hybridized carbons (Fsp3) is 0.250. The number of H-pyrrole nitrogens is 1. The Morgan fingerprint density at radius 2 is 2.29 bits per heavy atom. The van der Waals surface area contributed by atoms with Gasteiger partial charge in [0.1, 0.15) is 16.4 Å². The Bertz CT molecular complexity index is 593. The summed E-state index contributed by atoms with van der Waals surface area (Å²) >= 11 is 6.75. The molecule has 0 amide bonds. The van der Waals surface area contributed by atoms with Gasteiger partial charge >= 0.3 is 0 Å². The Labute approximate surface area is 107 Å². The van der Waals surface area contributed by atoms with Crippen LogP contribution in [0.3, 0.4) is 0 Å². The minimum absolute atomic E-state index is 0.137. The van der Waals surface area contributed by atoms with Gasteiger partial charge in [-0.15, -0.1) is 11.3 Å². The highest BCUT2D eigenvalue weighted by molar-refractivity contribution is 7.91. The van der Waals surface area contributed by atoms with E-state index in [9.17, 15) is 8.42 Å². The number of hydrogen-bond donors (Lipinski definition) is 1. The van der Waals surface area contributed by atoms with E-state index in [4.69, 9.17) is 11.6 Å². The molecule has 0 aromatic carbocycles. The quantitative estimate of drug-likeness (QED) is 0.922. The molecule has 0 aliphatic carbocycles. The number of rotatable bonds is 4. The molecule has 0 saturated carbocycles. The van der Waals surface area contributed by atoms with E-state index in [0.29, 0.717) is 10.2 Å². The Morgan fingerprint density at radius 1 is 1.53 bits per heavy atom. The van der Waals surface area contributed by atoms with Gasteiger partial charge in [0.05, 0.1) is 10.9 Å². The summed E-state index contributed by atoms with van der Waals surface area (Å²) in [5.74, 6) is 0.485. The minimum atomic E-state index is -3.51. The molecule has 2 rings (SSSR count). The Kier molecular flexibility index (Phi) is 3.48. The average molecular weight is 293 g/mol. The van der Waals surface area contributed by atoms with E-state index in [1.54, 1.807) is 6.07 Å². The molecule has 2 heterocycles. The lowest BCUT2D eigenvalue weighted by Crippen LogP contribution is -2.26. The average Bonchev–Trinajstić information content (AvgIpc) is 2.89. The maximum Gasteiger partial charge on any atom is 0.252 e. The van der Waals surface area contributed by atoms with Crippen LogP contribution in [0.15, 0.2) is 22.7 Å². The molecule has 0 spiro atoms. The van der Waals surface area contributed by atoms with E-state index in [-0.39, 0.29) is 10.8 Å². The molecule has 17 heavy (non-hydrogen) atoms. The van der Waals surface area contributed by atoms with Crippen LogP contribution < -0.4 is 0 Å². The summed E-state index contributed by atoms with van der Waals surface area (Å²) < 4.78 is 26.0. The molecule has 0 fully saturated rings. The summed E-state index contributed by atoms with van der Waals surface area (Å²) in [6, 6.07) is 3.04. The number of hydrogen-bond acceptors (Lipinski definition) is 5. The summed E-state index contributed by atoms with van der Waals surface area (Å²) in [5.41, 5.74) is 0. The number of nitrogens with one attached hydrogen (secondary N) is 1. The molecule has 0 radical (unpaired) electrons. The van der Waals surface area contributed by atoms with E-state index >= 15 is 0 Å². The molecule has 92 valence electrons. The van der Waals surface area contributed by atoms with Gasteiger partial charge in [-0.2, -0.15) is 9.40 Å². The second-order valence-electron chi connectivity index (χ2n) is 3.25. The zero-order chi connectivity index (χ0) is 12.5. The molecular formula is C8H9ClN4O2S2. The first-order valence-electron chi connectivity index (χ1n) is 4.56. The molecule has 0 atom stereocenters. The van der Waals surface area contributed by atoms with E-state index in [1.165, 1.54) is 23.7 Å². The summed E-state index contributed by atoms with van der Waals surface area (Å²) in [6.07, 6.45) is 1.33. The number of aromatic nitrogens is 3. The van der Waals surface area contributed by atoms with E-state index in [2.05, 4.69) is 15.2 Å². The van der Waals surface area contributed by atoms with E-state index in [0.717, 1.165) is 11.3 Å². The monoisotopic (exact) mass is 292 g/mol. The van der Waals surface area contributed by atoms with Crippen molar-refractivity contribution in [2.75, 3.05) is 7.05 Å². The van der Waals surface area contributed by atoms with Crippen LogP contribution in [0.5, 0.6) is 0 Å². The standard InChI is InChI=1S/C8H9ClN4O2S2/c1-13(4-7-10-5-11-12-7)17(14,15)8-3-2-6(9)16-8/h2-3,5H,4H2,1H3,(H,10,11,12). The summed E-state index contributed by atoms with van der Waals surface area (Å²) in [7, 11) is -2.04. The highest BCUT2D eigenvalue weighted by Crippen LogP contribution is 2.27. The Balaban J connectivity index is 2.21. The summed E-state index contributed by atoms with van der Waals surface area (Å²) in [5, 5.41) is 6.26. The number of nitrogens with zero attached hydrogens (tertiary/aromatic N) is 3. The van der Waals surface area contributed by atoms with Crippen molar-refractivity contribution in [3.63, 3.8) is 0 Å². The topological polar surface area (TPSA) is 79.0 Å². The van der Waals surface area contributed by atoms with Gasteiger partial charge < -0.3 is 0 Å². The lowest BCUT2D eigenvalue weighted by atomic mass is 10.6. The summed E-state index contributed by atoms with van der Waals surface area (Å²) in [6.45, 7) is 0.137. The van der Waals surface area contributed by atoms with Crippen molar-refractivity contribution in [3.8, 4) is 0 Å². The fourth-order valence-electron chi connectivity index (χ4n) is 1.19. The second kappa shape index (κ2) is 4.73. The zero-order valence-corrected chi connectivity index (χ0v) is 11.2. The first-order chi connectivity index (χ1) is 8.00. The smallest absolute Gasteiger partial charge is 0.252 e. The zero-order valence-electron chi connectivity index (χ0n) is 8.79. The van der Waals surface area contributed by atoms with Crippen LogP contribution in [0, 0.1) is 0 Å². The third kappa shape index (κ3) is 2.65. The van der Waals surface area contributed by atoms with Crippen molar-refractivity contribution >= 4 is 33.0 Å². The molecule has 0 saturated heterocycles. The van der Waals surface area contributed by atoms with Crippen LogP contribution in [0.2, 0.25) is 4.34 Å². The second-order valence-corrected chi connectivity index (χ2v) is 7.24. The predicted octanol–water partition coefficient (Wildman–Crippen LogP) is 1.34. The van der Waals surface area contributed by atoms with E-state index in [1.807, 2.05) is 0 Å². The van der Waals surface area contributed by atoms with Crippen LogP contribution in [-0.2, 0) is 16.6 Å². The van der Waals surface area contributed by atoms with Crippen molar-refractivity contribution in [1.29, 1.82) is 0 Å². The number of aromatic amines is 1. The molecule has 6 nitrogen and oxygen atoms in total. The van der Waals surface area contributed by atoms with Crippen LogP contribution >= 0.6 is 22.9 Å². The van der Waals surface area contributed by atoms with Crippen molar-refractivity contribution in [3.05, 3.63) is 28.6 Å². The van der Waals surface area contributed by atoms with Gasteiger partial charge in [0.15, 0.2) is 0 Å². The van der Waals surface area contributed by atoms with Gasteiger partial charge in [0, 0.05) is 7.05 Å². The van der Waals surface area contributed by atoms with Crippen LogP contribution in [0.4, 0.5) is 0 Å². The van der Waals surface area contributed by atoms with Crippen molar-refractivity contribution < 1.29 is 8.42 Å². The molecule has 0 aliphatic heterocycles. The largest absolute Gasteiger partial charge is 0.262 e. The first kappa shape index (κ1) is 12.5. The fourth-order valence-corrected chi connectivity index (χ4v) is 4.02. The SMILES string of the molecule is CN(Cc1ncn[nH]1)S(=O)(=O)c1ccc(Cl)s1. The first-order valence-corrected chi connectivity index (χ1v) is 7.19. The van der Waals surface area contributed by atoms with Gasteiger partial charge in [0.25, 0.3) is 10.0 Å². The Hall–Kier alpha value is -0.960. The van der Waals surface area contributed by atoms with Gasteiger partial charge in [-0.25, -0.2) is 13.4 Å². The Morgan fingerprint density at radius 3 is 2.82 bits per heavy atom. The number of thiophene rings is 1. The van der Waals surface area contributed by atoms with Gasteiger partial charge in [-0.1, -0.05) is 11.6 Å². The lowest BCUT2D eigenvalue weighted by molar-refractivity contribution is 0.459. The third-order valence-electron chi connectivity index (χ3n) is 2.05. The van der Waals surface area contributed by atoms with Gasteiger partial charge in [0.2, 0.25) is 0 Å². The van der Waals surface area contributed by atoms with Crippen LogP contribution in [-0.4, -0.2) is 35.0 Å². The predicted molar refractivity (Wildman–Crippen MR) is 64.4 cm³/mol. The molecule has 2 aromatic rings. The third-order valence-corrected chi connectivity index (χ3v) is 5.55. The molecule has 0 bridgehead atoms. The molecule has 1 N–H and O–H groups in total. The molecule has 0 aliphatic rings. The van der Waals surface area contributed by atoms with Crippen molar-refractivity contribution in [2.45, 2.75) is 10.8 Å². The molecule has 0 unspecified atom stereocenters. The van der Waals surface area contributed by atoms with Gasteiger partial charge in [-0.3, -0.25) is 5.10 Å². The van der Waals surface area contributed by atoms with Gasteiger partial charge in [-0.05, 0) is 12.1 Å². The lowest BCUT2D eigenvalue weighted by Gasteiger charge is -2.13. The molecule has 9 heteroatoms. The highest BCUT2D eigenvalue weighted by atomic mass is 35.5. The molecular weight excluding hydrogens is 284 g/mol. The summed E-state index contributed by atoms with van der Waals surface area (Å²) in [4.78, 5) is 3.87. The highest BCUT2D eigenvalue weighted by Gasteiger charge is 2.23. The van der Waals surface area contributed by atoms with Crippen LogP contribution in [0.1, 0.15) is 5.82 Å². The maximum absolute atomic E-state index is 12.1. The van der Waals surface area contributed by atoms with Crippen molar-refractivity contribution in [2.24, 2.45) is 0 Å². The number of halogens is 1.